The minimum atomic E-state index is -0.395. The number of carbonyl (C=O) groups excluding carboxylic acids is 2. The number of nitrogens with one attached hydrogen (secondary N) is 2. The van der Waals surface area contributed by atoms with E-state index < -0.39 is 6.04 Å². The standard InChI is InChI=1S/C17H32N2O2/c1-5-13(4)18-17(21)15(11-12(2)3)19-16(20)14-9-7-6-8-10-14/h12-15H,5-11H2,1-4H3,(H,18,21)(H,19,20)/t13-,15-/m0/s1. The van der Waals surface area contributed by atoms with Crippen molar-refractivity contribution in [2.45, 2.75) is 84.7 Å². The molecule has 1 aliphatic carbocycles. The van der Waals surface area contributed by atoms with Gasteiger partial charge in [0.2, 0.25) is 11.8 Å². The van der Waals surface area contributed by atoms with E-state index in [2.05, 4.69) is 24.5 Å². The fourth-order valence-electron chi connectivity index (χ4n) is 2.80. The van der Waals surface area contributed by atoms with Crippen LogP contribution in [0.2, 0.25) is 0 Å². The van der Waals surface area contributed by atoms with Gasteiger partial charge >= 0.3 is 0 Å². The topological polar surface area (TPSA) is 58.2 Å². The maximum Gasteiger partial charge on any atom is 0.242 e. The van der Waals surface area contributed by atoms with Gasteiger partial charge < -0.3 is 10.6 Å². The number of hydrogen-bond acceptors (Lipinski definition) is 2. The Morgan fingerprint density at radius 2 is 1.67 bits per heavy atom. The Labute approximate surface area is 129 Å². The molecule has 2 amide bonds. The molecular formula is C17H32N2O2. The fraction of sp³-hybridized carbons (Fsp3) is 0.882. The number of rotatable bonds is 7. The third-order valence-electron chi connectivity index (χ3n) is 4.32. The van der Waals surface area contributed by atoms with Gasteiger partial charge in [-0.05, 0) is 38.5 Å². The first kappa shape index (κ1) is 18.0. The highest BCUT2D eigenvalue weighted by atomic mass is 16.2. The van der Waals surface area contributed by atoms with Gasteiger partial charge in [0.05, 0.1) is 0 Å². The summed E-state index contributed by atoms with van der Waals surface area (Å²) in [6.07, 6.45) is 7.02. The van der Waals surface area contributed by atoms with Gasteiger partial charge in [0.1, 0.15) is 6.04 Å². The molecule has 21 heavy (non-hydrogen) atoms. The van der Waals surface area contributed by atoms with Crippen LogP contribution in [-0.4, -0.2) is 23.9 Å². The molecule has 4 heteroatoms. The van der Waals surface area contributed by atoms with Crippen LogP contribution in [0.4, 0.5) is 0 Å². The minimum absolute atomic E-state index is 0.0396. The third kappa shape index (κ3) is 6.49. The summed E-state index contributed by atoms with van der Waals surface area (Å²) in [5.41, 5.74) is 0. The Bertz CT molecular complexity index is 336. The summed E-state index contributed by atoms with van der Waals surface area (Å²) in [6, 6.07) is -0.243. The van der Waals surface area contributed by atoms with Gasteiger partial charge in [-0.2, -0.15) is 0 Å². The van der Waals surface area contributed by atoms with Crippen LogP contribution < -0.4 is 10.6 Å². The predicted octanol–water partition coefficient (Wildman–Crippen LogP) is 3.01. The molecule has 0 heterocycles. The highest BCUT2D eigenvalue weighted by molar-refractivity contribution is 5.88. The number of hydrogen-bond donors (Lipinski definition) is 2. The van der Waals surface area contributed by atoms with Crippen LogP contribution in [0, 0.1) is 11.8 Å². The second-order valence-corrected chi connectivity index (χ2v) is 6.84. The highest BCUT2D eigenvalue weighted by Crippen LogP contribution is 2.24. The SMILES string of the molecule is CC[C@H](C)NC(=O)[C@H](CC(C)C)NC(=O)C1CCCCC1. The molecule has 0 bridgehead atoms. The summed E-state index contributed by atoms with van der Waals surface area (Å²) in [7, 11) is 0. The lowest BCUT2D eigenvalue weighted by Crippen LogP contribution is -2.51. The Hall–Kier alpha value is -1.06. The molecule has 1 saturated carbocycles. The zero-order chi connectivity index (χ0) is 15.8. The molecule has 0 aromatic heterocycles. The van der Waals surface area contributed by atoms with E-state index in [4.69, 9.17) is 0 Å². The molecule has 0 spiro atoms. The van der Waals surface area contributed by atoms with Crippen molar-refractivity contribution in [3.8, 4) is 0 Å². The van der Waals surface area contributed by atoms with Crippen molar-refractivity contribution in [1.29, 1.82) is 0 Å². The van der Waals surface area contributed by atoms with E-state index in [-0.39, 0.29) is 23.8 Å². The number of amides is 2. The second kappa shape index (κ2) is 9.06. The monoisotopic (exact) mass is 296 g/mol. The summed E-state index contributed by atoms with van der Waals surface area (Å²) >= 11 is 0. The van der Waals surface area contributed by atoms with Gasteiger partial charge in [-0.25, -0.2) is 0 Å². The normalized spacial score (nSPS) is 19.1. The maximum absolute atomic E-state index is 12.4. The molecule has 1 rings (SSSR count). The van der Waals surface area contributed by atoms with Crippen LogP contribution in [0.3, 0.4) is 0 Å². The van der Waals surface area contributed by atoms with Gasteiger partial charge in [-0.3, -0.25) is 9.59 Å². The van der Waals surface area contributed by atoms with Crippen LogP contribution in [0.15, 0.2) is 0 Å². The molecule has 1 fully saturated rings. The Kier molecular flexibility index (Phi) is 7.76. The van der Waals surface area contributed by atoms with Gasteiger partial charge in [-0.15, -0.1) is 0 Å². The fourth-order valence-corrected chi connectivity index (χ4v) is 2.80. The van der Waals surface area contributed by atoms with Crippen LogP contribution in [0.1, 0.15) is 72.6 Å². The molecule has 2 atom stereocenters. The van der Waals surface area contributed by atoms with E-state index in [1.165, 1.54) is 6.42 Å². The largest absolute Gasteiger partial charge is 0.352 e. The molecule has 0 aromatic carbocycles. The van der Waals surface area contributed by atoms with Crippen molar-refractivity contribution >= 4 is 11.8 Å². The lowest BCUT2D eigenvalue weighted by atomic mass is 9.88. The van der Waals surface area contributed by atoms with E-state index in [0.717, 1.165) is 32.1 Å². The minimum Gasteiger partial charge on any atom is -0.352 e. The lowest BCUT2D eigenvalue weighted by Gasteiger charge is -2.26. The van der Waals surface area contributed by atoms with Crippen molar-refractivity contribution < 1.29 is 9.59 Å². The van der Waals surface area contributed by atoms with Crippen molar-refractivity contribution in [1.82, 2.24) is 10.6 Å². The summed E-state index contributed by atoms with van der Waals surface area (Å²) in [6.45, 7) is 8.20. The Balaban J connectivity index is 2.59. The molecular weight excluding hydrogens is 264 g/mol. The third-order valence-corrected chi connectivity index (χ3v) is 4.32. The molecule has 122 valence electrons. The van der Waals surface area contributed by atoms with Gasteiger partial charge in [0.25, 0.3) is 0 Å². The second-order valence-electron chi connectivity index (χ2n) is 6.84. The Morgan fingerprint density at radius 3 is 2.19 bits per heavy atom. The summed E-state index contributed by atoms with van der Waals surface area (Å²) in [5.74, 6) is 0.510. The molecule has 2 N–H and O–H groups in total. The van der Waals surface area contributed by atoms with Crippen molar-refractivity contribution in [2.24, 2.45) is 11.8 Å². The van der Waals surface area contributed by atoms with Gasteiger partial charge in [0, 0.05) is 12.0 Å². The highest BCUT2D eigenvalue weighted by Gasteiger charge is 2.27. The smallest absolute Gasteiger partial charge is 0.242 e. The zero-order valence-corrected chi connectivity index (χ0v) is 14.1. The molecule has 1 aliphatic rings. The molecule has 0 aromatic rings. The predicted molar refractivity (Wildman–Crippen MR) is 85.9 cm³/mol. The molecule has 0 saturated heterocycles. The summed E-state index contributed by atoms with van der Waals surface area (Å²) in [5, 5.41) is 5.99. The van der Waals surface area contributed by atoms with Crippen molar-refractivity contribution in [2.75, 3.05) is 0 Å². The van der Waals surface area contributed by atoms with E-state index in [1.54, 1.807) is 0 Å². The van der Waals surface area contributed by atoms with Crippen LogP contribution in [0.5, 0.6) is 0 Å². The molecule has 0 radical (unpaired) electrons. The van der Waals surface area contributed by atoms with E-state index in [0.29, 0.717) is 12.3 Å². The average molecular weight is 296 g/mol. The first-order valence-electron chi connectivity index (χ1n) is 8.54. The van der Waals surface area contributed by atoms with Crippen LogP contribution >= 0.6 is 0 Å². The summed E-state index contributed by atoms with van der Waals surface area (Å²) < 4.78 is 0. The molecule has 0 aliphatic heterocycles. The van der Waals surface area contributed by atoms with Crippen LogP contribution in [-0.2, 0) is 9.59 Å². The van der Waals surface area contributed by atoms with Gasteiger partial charge in [0.15, 0.2) is 0 Å². The van der Waals surface area contributed by atoms with Crippen LogP contribution in [0.25, 0.3) is 0 Å². The molecule has 4 nitrogen and oxygen atoms in total. The van der Waals surface area contributed by atoms with E-state index in [1.807, 2.05) is 13.8 Å². The first-order chi connectivity index (χ1) is 9.93. The van der Waals surface area contributed by atoms with E-state index in [9.17, 15) is 9.59 Å². The maximum atomic E-state index is 12.4. The van der Waals surface area contributed by atoms with Crippen molar-refractivity contribution in [3.63, 3.8) is 0 Å². The average Bonchev–Trinajstić information content (AvgIpc) is 2.46. The number of carbonyl (C=O) groups is 2. The first-order valence-corrected chi connectivity index (χ1v) is 8.54. The summed E-state index contributed by atoms with van der Waals surface area (Å²) in [4.78, 5) is 24.7. The molecule has 0 unspecified atom stereocenters. The lowest BCUT2D eigenvalue weighted by molar-refractivity contribution is -0.132. The van der Waals surface area contributed by atoms with E-state index >= 15 is 0 Å². The zero-order valence-electron chi connectivity index (χ0n) is 14.1. The van der Waals surface area contributed by atoms with Crippen molar-refractivity contribution in [3.05, 3.63) is 0 Å². The Morgan fingerprint density at radius 1 is 1.05 bits per heavy atom. The quantitative estimate of drug-likeness (QED) is 0.758. The van der Waals surface area contributed by atoms with Gasteiger partial charge in [-0.1, -0.05) is 40.0 Å².